The molecule has 0 aromatic heterocycles. The Morgan fingerprint density at radius 3 is 2.54 bits per heavy atom. The van der Waals surface area contributed by atoms with Crippen molar-refractivity contribution in [1.82, 2.24) is 10.2 Å². The molecule has 0 unspecified atom stereocenters. The minimum Gasteiger partial charge on any atom is -0.380 e. The van der Waals surface area contributed by atoms with Gasteiger partial charge in [-0.25, -0.2) is 0 Å². The van der Waals surface area contributed by atoms with Gasteiger partial charge in [0.2, 0.25) is 0 Å². The number of likely N-dealkylation sites (N-methyl/N-ethyl adjacent to an activating group) is 1. The molecule has 80 valence electrons. The molecule has 0 heterocycles. The molecule has 3 heteroatoms. The van der Waals surface area contributed by atoms with Crippen LogP contribution in [0.4, 0.5) is 0 Å². The van der Waals surface area contributed by atoms with Crippen LogP contribution in [0.25, 0.3) is 0 Å². The van der Waals surface area contributed by atoms with Crippen molar-refractivity contribution in [3.05, 3.63) is 0 Å². The van der Waals surface area contributed by atoms with Crippen LogP contribution in [0.3, 0.4) is 0 Å². The number of nitrogens with zero attached hydrogens (tertiary/aromatic N) is 1. The molecule has 1 N–H and O–H groups in total. The Hall–Kier alpha value is -0.120. The van der Waals surface area contributed by atoms with Gasteiger partial charge in [0.1, 0.15) is 0 Å². The molecule has 0 aromatic rings. The Kier molecular flexibility index (Phi) is 9.87. The van der Waals surface area contributed by atoms with Crippen LogP contribution in [0.15, 0.2) is 0 Å². The summed E-state index contributed by atoms with van der Waals surface area (Å²) < 4.78 is 5.44. The second kappa shape index (κ2) is 9.96. The van der Waals surface area contributed by atoms with Crippen molar-refractivity contribution in [3.8, 4) is 0 Å². The molecule has 0 aromatic carbocycles. The monoisotopic (exact) mass is 188 g/mol. The van der Waals surface area contributed by atoms with Crippen LogP contribution >= 0.6 is 0 Å². The van der Waals surface area contributed by atoms with Crippen LogP contribution in [-0.4, -0.2) is 51.8 Å². The molecule has 0 rings (SSSR count). The molecule has 0 radical (unpaired) electrons. The standard InChI is InChI=1S/C10H24N2O/c1-4-6-11-7-5-9-13-10-8-12(2)3/h11H,4-10H2,1-3H3. The molecule has 0 aliphatic heterocycles. The second-order valence-electron chi connectivity index (χ2n) is 3.52. The van der Waals surface area contributed by atoms with Gasteiger partial charge in [-0.2, -0.15) is 0 Å². The third-order valence-corrected chi connectivity index (χ3v) is 1.75. The van der Waals surface area contributed by atoms with Gasteiger partial charge in [-0.1, -0.05) is 6.92 Å². The summed E-state index contributed by atoms with van der Waals surface area (Å²) in [6.07, 6.45) is 2.33. The van der Waals surface area contributed by atoms with Gasteiger partial charge in [0.05, 0.1) is 6.61 Å². The smallest absolute Gasteiger partial charge is 0.0593 e. The maximum atomic E-state index is 5.44. The molecule has 13 heavy (non-hydrogen) atoms. The first kappa shape index (κ1) is 12.9. The Morgan fingerprint density at radius 1 is 1.15 bits per heavy atom. The number of rotatable bonds is 9. The first-order valence-corrected chi connectivity index (χ1v) is 5.20. The van der Waals surface area contributed by atoms with Crippen LogP contribution < -0.4 is 5.32 Å². The molecule has 0 saturated carbocycles. The summed E-state index contributed by atoms with van der Waals surface area (Å²) in [6, 6.07) is 0. The van der Waals surface area contributed by atoms with Crippen LogP contribution in [0.2, 0.25) is 0 Å². The van der Waals surface area contributed by atoms with Crippen LogP contribution in [0.5, 0.6) is 0 Å². The Bertz CT molecular complexity index is 96.9. The lowest BCUT2D eigenvalue weighted by atomic mass is 10.4. The number of hydrogen-bond donors (Lipinski definition) is 1. The van der Waals surface area contributed by atoms with E-state index in [0.29, 0.717) is 0 Å². The third-order valence-electron chi connectivity index (χ3n) is 1.75. The minimum atomic E-state index is 0.848. The van der Waals surface area contributed by atoms with E-state index in [0.717, 1.165) is 39.3 Å². The van der Waals surface area contributed by atoms with E-state index in [4.69, 9.17) is 4.74 Å². The summed E-state index contributed by atoms with van der Waals surface area (Å²) in [5.74, 6) is 0. The average Bonchev–Trinajstić information content (AvgIpc) is 2.09. The van der Waals surface area contributed by atoms with Crippen molar-refractivity contribution in [1.29, 1.82) is 0 Å². The van der Waals surface area contributed by atoms with Crippen molar-refractivity contribution in [3.63, 3.8) is 0 Å². The van der Waals surface area contributed by atoms with E-state index in [9.17, 15) is 0 Å². The SMILES string of the molecule is CCCNCCCOCCN(C)C. The predicted octanol–water partition coefficient (Wildman–Crippen LogP) is 0.954. The zero-order valence-corrected chi connectivity index (χ0v) is 9.31. The number of nitrogens with one attached hydrogen (secondary N) is 1. The highest BCUT2D eigenvalue weighted by Crippen LogP contribution is 1.83. The molecule has 0 fully saturated rings. The molecule has 0 aliphatic carbocycles. The van der Waals surface area contributed by atoms with Crippen LogP contribution in [0.1, 0.15) is 19.8 Å². The van der Waals surface area contributed by atoms with Crippen molar-refractivity contribution < 1.29 is 4.74 Å². The summed E-state index contributed by atoms with van der Waals surface area (Å²) in [5.41, 5.74) is 0. The van der Waals surface area contributed by atoms with Crippen molar-refractivity contribution in [2.24, 2.45) is 0 Å². The van der Waals surface area contributed by atoms with Gasteiger partial charge in [0.25, 0.3) is 0 Å². The summed E-state index contributed by atoms with van der Waals surface area (Å²) in [6.45, 7) is 7.13. The molecule has 0 bridgehead atoms. The lowest BCUT2D eigenvalue weighted by Gasteiger charge is -2.09. The van der Waals surface area contributed by atoms with Crippen LogP contribution in [-0.2, 0) is 4.74 Å². The van der Waals surface area contributed by atoms with Gasteiger partial charge in [-0.05, 0) is 40.0 Å². The Labute approximate surface area is 82.4 Å². The fourth-order valence-electron chi connectivity index (χ4n) is 0.950. The van der Waals surface area contributed by atoms with E-state index in [2.05, 4.69) is 31.2 Å². The molecular weight excluding hydrogens is 164 g/mol. The van der Waals surface area contributed by atoms with E-state index in [-0.39, 0.29) is 0 Å². The zero-order chi connectivity index (χ0) is 9.94. The van der Waals surface area contributed by atoms with E-state index in [1.165, 1.54) is 6.42 Å². The third kappa shape index (κ3) is 11.9. The van der Waals surface area contributed by atoms with E-state index in [1.807, 2.05) is 0 Å². The van der Waals surface area contributed by atoms with E-state index in [1.54, 1.807) is 0 Å². The molecule has 0 saturated heterocycles. The highest BCUT2D eigenvalue weighted by Gasteiger charge is 1.91. The van der Waals surface area contributed by atoms with Gasteiger partial charge in [0.15, 0.2) is 0 Å². The molecule has 0 spiro atoms. The Balaban J connectivity index is 2.84. The first-order chi connectivity index (χ1) is 6.27. The number of ether oxygens (including phenoxy) is 1. The fourth-order valence-corrected chi connectivity index (χ4v) is 0.950. The largest absolute Gasteiger partial charge is 0.380 e. The maximum absolute atomic E-state index is 5.44. The molecule has 0 aliphatic rings. The summed E-state index contributed by atoms with van der Waals surface area (Å²) in [5, 5.41) is 3.34. The fraction of sp³-hybridized carbons (Fsp3) is 1.00. The lowest BCUT2D eigenvalue weighted by molar-refractivity contribution is 0.115. The van der Waals surface area contributed by atoms with Crippen LogP contribution in [0, 0.1) is 0 Å². The van der Waals surface area contributed by atoms with E-state index >= 15 is 0 Å². The molecule has 0 atom stereocenters. The highest BCUT2D eigenvalue weighted by atomic mass is 16.5. The van der Waals surface area contributed by atoms with Gasteiger partial charge >= 0.3 is 0 Å². The number of hydrogen-bond acceptors (Lipinski definition) is 3. The minimum absolute atomic E-state index is 0.848. The average molecular weight is 188 g/mol. The van der Waals surface area contributed by atoms with Gasteiger partial charge < -0.3 is 15.0 Å². The van der Waals surface area contributed by atoms with Crippen molar-refractivity contribution in [2.75, 3.05) is 46.9 Å². The van der Waals surface area contributed by atoms with Gasteiger partial charge in [-0.15, -0.1) is 0 Å². The molecule has 0 amide bonds. The maximum Gasteiger partial charge on any atom is 0.0593 e. The van der Waals surface area contributed by atoms with Crippen molar-refractivity contribution in [2.45, 2.75) is 19.8 Å². The normalized spacial score (nSPS) is 11.1. The summed E-state index contributed by atoms with van der Waals surface area (Å²) in [7, 11) is 4.12. The lowest BCUT2D eigenvalue weighted by Crippen LogP contribution is -2.20. The van der Waals surface area contributed by atoms with Crippen molar-refractivity contribution >= 4 is 0 Å². The predicted molar refractivity (Wildman–Crippen MR) is 57.2 cm³/mol. The highest BCUT2D eigenvalue weighted by molar-refractivity contribution is 4.46. The second-order valence-corrected chi connectivity index (χ2v) is 3.52. The quantitative estimate of drug-likeness (QED) is 0.545. The first-order valence-electron chi connectivity index (χ1n) is 5.20. The zero-order valence-electron chi connectivity index (χ0n) is 9.31. The summed E-state index contributed by atoms with van der Waals surface area (Å²) >= 11 is 0. The molecule has 3 nitrogen and oxygen atoms in total. The molecular formula is C10H24N2O. The summed E-state index contributed by atoms with van der Waals surface area (Å²) in [4.78, 5) is 2.13. The topological polar surface area (TPSA) is 24.5 Å². The van der Waals surface area contributed by atoms with E-state index < -0.39 is 0 Å². The Morgan fingerprint density at radius 2 is 1.92 bits per heavy atom. The van der Waals surface area contributed by atoms with Gasteiger partial charge in [0, 0.05) is 13.2 Å². The van der Waals surface area contributed by atoms with Gasteiger partial charge in [-0.3, -0.25) is 0 Å².